The number of rotatable bonds is 5. The van der Waals surface area contributed by atoms with Crippen molar-refractivity contribution in [3.8, 4) is 0 Å². The molecule has 0 aliphatic heterocycles. The molecule has 0 saturated heterocycles. The van der Waals surface area contributed by atoms with Crippen molar-refractivity contribution >= 4 is 11.9 Å². The number of aliphatic hydroxyl groups excluding tert-OH is 1. The zero-order valence-electron chi connectivity index (χ0n) is 11.9. The Kier molecular flexibility index (Phi) is 5.54. The Morgan fingerprint density at radius 2 is 1.64 bits per heavy atom. The van der Waals surface area contributed by atoms with E-state index < -0.39 is 41.7 Å². The first-order valence-electron chi connectivity index (χ1n) is 6.42. The van der Waals surface area contributed by atoms with Crippen LogP contribution in [0.2, 0.25) is 0 Å². The fourth-order valence-electron chi connectivity index (χ4n) is 1.75. The molecule has 1 aromatic rings. The van der Waals surface area contributed by atoms with Crippen LogP contribution in [0.5, 0.6) is 0 Å². The molecule has 2 atom stereocenters. The third kappa shape index (κ3) is 4.45. The molecule has 0 aromatic heterocycles. The summed E-state index contributed by atoms with van der Waals surface area (Å²) in [5, 5.41) is 20.9. The maximum atomic E-state index is 12.4. The second kappa shape index (κ2) is 6.78. The first-order valence-corrected chi connectivity index (χ1v) is 6.42. The number of amides is 1. The number of nitrogens with one attached hydrogen (secondary N) is 1. The van der Waals surface area contributed by atoms with Gasteiger partial charge in [0.1, 0.15) is 6.04 Å². The zero-order chi connectivity index (χ0) is 17.1. The third-order valence-corrected chi connectivity index (χ3v) is 3.03. The Balaban J connectivity index is 2.85. The van der Waals surface area contributed by atoms with E-state index in [1.165, 1.54) is 0 Å². The van der Waals surface area contributed by atoms with Gasteiger partial charge in [-0.3, -0.25) is 4.79 Å². The van der Waals surface area contributed by atoms with Crippen molar-refractivity contribution in [1.82, 2.24) is 5.32 Å². The van der Waals surface area contributed by atoms with Crippen molar-refractivity contribution in [2.75, 3.05) is 0 Å². The van der Waals surface area contributed by atoms with Crippen molar-refractivity contribution in [3.05, 3.63) is 35.4 Å². The number of aliphatic carboxylic acids is 1. The molecule has 0 heterocycles. The topological polar surface area (TPSA) is 86.6 Å². The molecule has 5 nitrogen and oxygen atoms in total. The van der Waals surface area contributed by atoms with Gasteiger partial charge in [0.2, 0.25) is 0 Å². The van der Waals surface area contributed by atoms with Crippen molar-refractivity contribution < 1.29 is 33.0 Å². The van der Waals surface area contributed by atoms with Crippen LogP contribution < -0.4 is 5.32 Å². The van der Waals surface area contributed by atoms with Crippen LogP contribution in [0.15, 0.2) is 24.3 Å². The van der Waals surface area contributed by atoms with E-state index in [2.05, 4.69) is 5.32 Å². The summed E-state index contributed by atoms with van der Waals surface area (Å²) in [4.78, 5) is 22.8. The molecule has 0 aliphatic rings. The van der Waals surface area contributed by atoms with Gasteiger partial charge < -0.3 is 15.5 Å². The minimum atomic E-state index is -4.52. The fourth-order valence-corrected chi connectivity index (χ4v) is 1.75. The molecule has 0 aliphatic carbocycles. The number of carbonyl (C=O) groups excluding carboxylic acids is 1. The highest BCUT2D eigenvalue weighted by atomic mass is 19.4. The van der Waals surface area contributed by atoms with Crippen LogP contribution in [0.25, 0.3) is 0 Å². The molecule has 0 fully saturated rings. The number of carboxylic acid groups (broad SMARTS) is 1. The highest BCUT2D eigenvalue weighted by Crippen LogP contribution is 2.29. The maximum Gasteiger partial charge on any atom is 0.416 e. The molecule has 0 bridgehead atoms. The molecule has 122 valence electrons. The van der Waals surface area contributed by atoms with Crippen molar-refractivity contribution in [2.24, 2.45) is 5.92 Å². The molecule has 1 aromatic carbocycles. The van der Waals surface area contributed by atoms with Crippen LogP contribution in [0, 0.1) is 5.92 Å². The van der Waals surface area contributed by atoms with Crippen LogP contribution in [-0.2, 0) is 15.8 Å². The van der Waals surface area contributed by atoms with E-state index in [-0.39, 0.29) is 5.56 Å². The lowest BCUT2D eigenvalue weighted by Crippen LogP contribution is -2.46. The Hall–Kier alpha value is -2.09. The number of alkyl halides is 3. The summed E-state index contributed by atoms with van der Waals surface area (Å²) in [7, 11) is 0. The normalized spacial score (nSPS) is 14.5. The summed E-state index contributed by atoms with van der Waals surface area (Å²) in [6, 6.07) is 2.22. The van der Waals surface area contributed by atoms with E-state index in [1.54, 1.807) is 13.8 Å². The minimum absolute atomic E-state index is 0.0570. The van der Waals surface area contributed by atoms with E-state index in [9.17, 15) is 27.9 Å². The minimum Gasteiger partial charge on any atom is -0.480 e. The average molecular weight is 319 g/mol. The lowest BCUT2D eigenvalue weighted by Gasteiger charge is -2.20. The maximum absolute atomic E-state index is 12.4. The van der Waals surface area contributed by atoms with Gasteiger partial charge in [0.25, 0.3) is 5.91 Å². The molecule has 0 spiro atoms. The zero-order valence-corrected chi connectivity index (χ0v) is 11.9. The van der Waals surface area contributed by atoms with E-state index in [0.717, 1.165) is 24.3 Å². The monoisotopic (exact) mass is 319 g/mol. The van der Waals surface area contributed by atoms with Crippen molar-refractivity contribution in [1.29, 1.82) is 0 Å². The number of halogens is 3. The standard InChI is InChI=1S/C14H16F3NO4/c1-7(2)10(13(21)22)18-12(20)11(19)8-3-5-9(6-4-8)14(15,16)17/h3-7,10-11,19H,1-2H3,(H,18,20)(H,21,22)/t10-,11-/m0/s1. The number of hydrogen-bond donors (Lipinski definition) is 3. The van der Waals surface area contributed by atoms with Gasteiger partial charge in [0, 0.05) is 0 Å². The number of benzene rings is 1. The molecule has 0 radical (unpaired) electrons. The molecule has 3 N–H and O–H groups in total. The molecule has 22 heavy (non-hydrogen) atoms. The van der Waals surface area contributed by atoms with Gasteiger partial charge in [-0.05, 0) is 23.6 Å². The molecule has 8 heteroatoms. The van der Waals surface area contributed by atoms with Crippen LogP contribution in [0.1, 0.15) is 31.1 Å². The van der Waals surface area contributed by atoms with Crippen LogP contribution in [0.3, 0.4) is 0 Å². The molecule has 0 saturated carbocycles. The van der Waals surface area contributed by atoms with Gasteiger partial charge in [0.15, 0.2) is 6.10 Å². The quantitative estimate of drug-likeness (QED) is 0.774. The van der Waals surface area contributed by atoms with Gasteiger partial charge in [-0.25, -0.2) is 4.79 Å². The van der Waals surface area contributed by atoms with Gasteiger partial charge in [-0.2, -0.15) is 13.2 Å². The average Bonchev–Trinajstić information content (AvgIpc) is 2.42. The Bertz CT molecular complexity index is 540. The van der Waals surface area contributed by atoms with E-state index in [0.29, 0.717) is 0 Å². The fraction of sp³-hybridized carbons (Fsp3) is 0.429. The lowest BCUT2D eigenvalue weighted by atomic mass is 10.0. The molecular weight excluding hydrogens is 303 g/mol. The van der Waals surface area contributed by atoms with Crippen LogP contribution in [0.4, 0.5) is 13.2 Å². The third-order valence-electron chi connectivity index (χ3n) is 3.03. The summed E-state index contributed by atoms with van der Waals surface area (Å²) in [6.07, 6.45) is -6.26. The Morgan fingerprint density at radius 1 is 1.14 bits per heavy atom. The van der Waals surface area contributed by atoms with E-state index in [1.807, 2.05) is 0 Å². The first-order chi connectivity index (χ1) is 10.0. The van der Waals surface area contributed by atoms with Gasteiger partial charge in [-0.15, -0.1) is 0 Å². The van der Waals surface area contributed by atoms with Crippen molar-refractivity contribution in [2.45, 2.75) is 32.2 Å². The second-order valence-electron chi connectivity index (χ2n) is 5.09. The number of aliphatic hydroxyl groups is 1. The summed E-state index contributed by atoms with van der Waals surface area (Å²) in [6.45, 7) is 3.15. The van der Waals surface area contributed by atoms with Crippen LogP contribution in [-0.4, -0.2) is 28.1 Å². The Labute approximate surface area is 124 Å². The SMILES string of the molecule is CC(C)[C@H](NC(=O)[C@@H](O)c1ccc(C(F)(F)F)cc1)C(=O)O. The van der Waals surface area contributed by atoms with E-state index in [4.69, 9.17) is 5.11 Å². The largest absolute Gasteiger partial charge is 0.480 e. The molecule has 1 rings (SSSR count). The highest BCUT2D eigenvalue weighted by Gasteiger charge is 2.31. The second-order valence-corrected chi connectivity index (χ2v) is 5.09. The molecular formula is C14H16F3NO4. The molecule has 1 amide bonds. The number of carbonyl (C=O) groups is 2. The van der Waals surface area contributed by atoms with Gasteiger partial charge in [-0.1, -0.05) is 26.0 Å². The number of carboxylic acids is 1. The highest BCUT2D eigenvalue weighted by molar-refractivity contribution is 5.87. The predicted molar refractivity (Wildman–Crippen MR) is 70.8 cm³/mol. The van der Waals surface area contributed by atoms with Gasteiger partial charge in [0.05, 0.1) is 5.56 Å². The van der Waals surface area contributed by atoms with Crippen molar-refractivity contribution in [3.63, 3.8) is 0 Å². The first kappa shape index (κ1) is 18.0. The van der Waals surface area contributed by atoms with Gasteiger partial charge >= 0.3 is 12.1 Å². The Morgan fingerprint density at radius 3 is 2.00 bits per heavy atom. The summed E-state index contributed by atoms with van der Waals surface area (Å²) in [5.41, 5.74) is -0.965. The van der Waals surface area contributed by atoms with Crippen LogP contribution >= 0.6 is 0 Å². The number of hydrogen-bond acceptors (Lipinski definition) is 3. The smallest absolute Gasteiger partial charge is 0.416 e. The molecule has 0 unspecified atom stereocenters. The lowest BCUT2D eigenvalue weighted by molar-refractivity contribution is -0.144. The summed E-state index contributed by atoms with van der Waals surface area (Å²) >= 11 is 0. The predicted octanol–water partition coefficient (Wildman–Crippen LogP) is 1.96. The summed E-state index contributed by atoms with van der Waals surface area (Å²) in [5.74, 6) is -2.66. The summed E-state index contributed by atoms with van der Waals surface area (Å²) < 4.78 is 37.3. The van der Waals surface area contributed by atoms with E-state index >= 15 is 0 Å².